The summed E-state index contributed by atoms with van der Waals surface area (Å²) < 4.78 is 0. The van der Waals surface area contributed by atoms with Crippen LogP contribution in [0.3, 0.4) is 0 Å². The minimum atomic E-state index is -0.985. The molecule has 1 atom stereocenters. The molecule has 114 valence electrons. The van der Waals surface area contributed by atoms with Crippen molar-refractivity contribution >= 4 is 23.9 Å². The second kappa shape index (κ2) is 7.21. The predicted octanol–water partition coefficient (Wildman–Crippen LogP) is 2.51. The number of hydrogen-bond acceptors (Lipinski definition) is 3. The monoisotopic (exact) mass is 310 g/mol. The average Bonchev–Trinajstić information content (AvgIpc) is 2.48. The van der Waals surface area contributed by atoms with E-state index < -0.39 is 12.2 Å². The van der Waals surface area contributed by atoms with Gasteiger partial charge in [-0.1, -0.05) is 18.2 Å². The van der Waals surface area contributed by atoms with Crippen molar-refractivity contribution < 1.29 is 19.8 Å². The molecule has 1 aromatic carbocycles. The van der Waals surface area contributed by atoms with Crippen LogP contribution in [0, 0.1) is 0 Å². The summed E-state index contributed by atoms with van der Waals surface area (Å²) in [5.74, 6) is 0.756. The van der Waals surface area contributed by atoms with Gasteiger partial charge in [0.2, 0.25) is 0 Å². The predicted molar refractivity (Wildman–Crippen MR) is 79.9 cm³/mol. The van der Waals surface area contributed by atoms with E-state index in [2.05, 4.69) is 0 Å². The molecule has 1 fully saturated rings. The van der Waals surface area contributed by atoms with Crippen molar-refractivity contribution in [3.63, 3.8) is 0 Å². The number of carbonyl (C=O) groups is 2. The van der Waals surface area contributed by atoms with Gasteiger partial charge in [0, 0.05) is 30.3 Å². The Morgan fingerprint density at radius 3 is 2.48 bits per heavy atom. The number of carboxylic acid groups (broad SMARTS) is 2. The van der Waals surface area contributed by atoms with Crippen molar-refractivity contribution in [1.29, 1.82) is 0 Å². The van der Waals surface area contributed by atoms with Crippen molar-refractivity contribution in [1.82, 2.24) is 9.80 Å². The van der Waals surface area contributed by atoms with Gasteiger partial charge < -0.3 is 20.0 Å². The number of thioether (sulfide) groups is 1. The second-order valence-corrected chi connectivity index (χ2v) is 5.98. The van der Waals surface area contributed by atoms with Gasteiger partial charge in [-0.25, -0.2) is 9.59 Å². The number of hydrogen-bond donors (Lipinski definition) is 2. The lowest BCUT2D eigenvalue weighted by molar-refractivity contribution is 0.0630. The van der Waals surface area contributed by atoms with Crippen LogP contribution in [0.5, 0.6) is 0 Å². The summed E-state index contributed by atoms with van der Waals surface area (Å²) in [6.45, 7) is 0.725. The lowest BCUT2D eigenvalue weighted by atomic mass is 10.1. The number of rotatable bonds is 4. The van der Waals surface area contributed by atoms with Crippen molar-refractivity contribution in [2.24, 2.45) is 0 Å². The molecule has 0 spiro atoms. The van der Waals surface area contributed by atoms with Crippen LogP contribution in [0.25, 0.3) is 0 Å². The summed E-state index contributed by atoms with van der Waals surface area (Å²) in [4.78, 5) is 26.0. The van der Waals surface area contributed by atoms with Gasteiger partial charge in [-0.3, -0.25) is 0 Å². The maximum Gasteiger partial charge on any atom is 0.407 e. The minimum Gasteiger partial charge on any atom is -0.465 e. The smallest absolute Gasteiger partial charge is 0.407 e. The quantitative estimate of drug-likeness (QED) is 0.835. The van der Waals surface area contributed by atoms with E-state index in [0.717, 1.165) is 10.6 Å². The molecule has 0 aromatic heterocycles. The summed E-state index contributed by atoms with van der Waals surface area (Å²) in [6, 6.07) is 9.59. The Morgan fingerprint density at radius 2 is 1.86 bits per heavy atom. The minimum absolute atomic E-state index is 0.238. The molecule has 1 heterocycles. The van der Waals surface area contributed by atoms with Gasteiger partial charge in [0.25, 0.3) is 0 Å². The summed E-state index contributed by atoms with van der Waals surface area (Å²) in [7, 11) is 0. The third-order valence-corrected chi connectivity index (χ3v) is 4.51. The molecular weight excluding hydrogens is 292 g/mol. The largest absolute Gasteiger partial charge is 0.465 e. The van der Waals surface area contributed by atoms with Gasteiger partial charge in [0.05, 0.1) is 6.04 Å². The molecule has 0 aliphatic carbocycles. The third-order valence-electron chi connectivity index (χ3n) is 3.46. The fourth-order valence-electron chi connectivity index (χ4n) is 2.36. The Hall–Kier alpha value is -1.89. The highest BCUT2D eigenvalue weighted by atomic mass is 32.2. The van der Waals surface area contributed by atoms with Crippen LogP contribution in [0.1, 0.15) is 6.42 Å². The maximum absolute atomic E-state index is 11.2. The van der Waals surface area contributed by atoms with Gasteiger partial charge in [-0.2, -0.15) is 0 Å². The van der Waals surface area contributed by atoms with E-state index in [4.69, 9.17) is 5.11 Å². The molecule has 6 nitrogen and oxygen atoms in total. The van der Waals surface area contributed by atoms with Crippen LogP contribution in [-0.4, -0.2) is 63.6 Å². The van der Waals surface area contributed by atoms with Gasteiger partial charge >= 0.3 is 12.2 Å². The zero-order valence-corrected chi connectivity index (χ0v) is 12.3. The van der Waals surface area contributed by atoms with E-state index in [-0.39, 0.29) is 25.7 Å². The third kappa shape index (κ3) is 4.29. The molecule has 1 saturated heterocycles. The molecule has 0 radical (unpaired) electrons. The first-order valence-corrected chi connectivity index (χ1v) is 7.72. The van der Waals surface area contributed by atoms with Crippen molar-refractivity contribution in [2.45, 2.75) is 17.4 Å². The van der Waals surface area contributed by atoms with Crippen molar-refractivity contribution in [3.05, 3.63) is 30.3 Å². The van der Waals surface area contributed by atoms with E-state index in [1.165, 1.54) is 9.80 Å². The lowest BCUT2D eigenvalue weighted by Crippen LogP contribution is -2.56. The molecular formula is C14H18N2O4S. The topological polar surface area (TPSA) is 81.1 Å². The average molecular weight is 310 g/mol. The molecule has 0 bridgehead atoms. The van der Waals surface area contributed by atoms with Crippen molar-refractivity contribution in [2.75, 3.05) is 25.4 Å². The summed E-state index contributed by atoms with van der Waals surface area (Å²) in [5.41, 5.74) is 0. The zero-order chi connectivity index (χ0) is 15.2. The molecule has 0 saturated carbocycles. The molecule has 0 unspecified atom stereocenters. The van der Waals surface area contributed by atoms with E-state index in [1.807, 2.05) is 30.3 Å². The lowest BCUT2D eigenvalue weighted by Gasteiger charge is -2.38. The highest BCUT2D eigenvalue weighted by Crippen LogP contribution is 2.21. The highest BCUT2D eigenvalue weighted by molar-refractivity contribution is 7.99. The number of nitrogens with zero attached hydrogens (tertiary/aromatic N) is 2. The molecule has 2 rings (SSSR count). The van der Waals surface area contributed by atoms with Crippen LogP contribution in [0.15, 0.2) is 35.2 Å². The molecule has 21 heavy (non-hydrogen) atoms. The Kier molecular flexibility index (Phi) is 5.32. The Labute approximate surface area is 127 Å². The van der Waals surface area contributed by atoms with Crippen LogP contribution in [-0.2, 0) is 0 Å². The standard InChI is InChI=1S/C14H18N2O4S/c17-13(18)15-7-8-16(14(19)20)11(10-15)6-9-21-12-4-2-1-3-5-12/h1-5,11H,6-10H2,(H,17,18)(H,19,20)/t11-/m1/s1. The van der Waals surface area contributed by atoms with Gasteiger partial charge in [-0.15, -0.1) is 11.8 Å². The van der Waals surface area contributed by atoms with Crippen LogP contribution in [0.2, 0.25) is 0 Å². The molecule has 2 amide bonds. The normalized spacial score (nSPS) is 18.6. The Morgan fingerprint density at radius 1 is 1.14 bits per heavy atom. The summed E-state index contributed by atoms with van der Waals surface area (Å²) in [5, 5.41) is 18.2. The summed E-state index contributed by atoms with van der Waals surface area (Å²) in [6.07, 6.45) is -1.33. The fourth-order valence-corrected chi connectivity index (χ4v) is 3.33. The molecule has 2 N–H and O–H groups in total. The second-order valence-electron chi connectivity index (χ2n) is 4.81. The van der Waals surface area contributed by atoms with E-state index in [9.17, 15) is 14.7 Å². The first kappa shape index (κ1) is 15.5. The van der Waals surface area contributed by atoms with Crippen molar-refractivity contribution in [3.8, 4) is 0 Å². The number of amides is 2. The Balaban J connectivity index is 1.90. The molecule has 1 aliphatic rings. The first-order valence-electron chi connectivity index (χ1n) is 6.73. The molecule has 1 aromatic rings. The Bertz CT molecular complexity index is 497. The SMILES string of the molecule is O=C(O)N1CCN(C(=O)O)[C@H](CCSc2ccccc2)C1. The van der Waals surface area contributed by atoms with E-state index in [1.54, 1.807) is 11.8 Å². The van der Waals surface area contributed by atoms with Gasteiger partial charge in [0.1, 0.15) is 0 Å². The first-order chi connectivity index (χ1) is 10.1. The zero-order valence-electron chi connectivity index (χ0n) is 11.5. The molecule has 1 aliphatic heterocycles. The molecule has 7 heteroatoms. The van der Waals surface area contributed by atoms with Gasteiger partial charge in [-0.05, 0) is 18.6 Å². The fraction of sp³-hybridized carbons (Fsp3) is 0.429. The van der Waals surface area contributed by atoms with E-state index >= 15 is 0 Å². The number of piperazine rings is 1. The van der Waals surface area contributed by atoms with Crippen LogP contribution < -0.4 is 0 Å². The highest BCUT2D eigenvalue weighted by Gasteiger charge is 2.31. The van der Waals surface area contributed by atoms with E-state index in [0.29, 0.717) is 6.42 Å². The van der Waals surface area contributed by atoms with Crippen LogP contribution >= 0.6 is 11.8 Å². The van der Waals surface area contributed by atoms with Crippen LogP contribution in [0.4, 0.5) is 9.59 Å². The maximum atomic E-state index is 11.2. The van der Waals surface area contributed by atoms with Gasteiger partial charge in [0.15, 0.2) is 0 Å². The summed E-state index contributed by atoms with van der Waals surface area (Å²) >= 11 is 1.65. The number of benzene rings is 1.